The van der Waals surface area contributed by atoms with Gasteiger partial charge in [0.15, 0.2) is 0 Å². The maximum absolute atomic E-state index is 9.84. The highest BCUT2D eigenvalue weighted by Crippen LogP contribution is 2.46. The minimum Gasteiger partial charge on any atom is -0.456 e. The van der Waals surface area contributed by atoms with E-state index in [1.807, 2.05) is 0 Å². The van der Waals surface area contributed by atoms with Gasteiger partial charge >= 0.3 is 0 Å². The van der Waals surface area contributed by atoms with Gasteiger partial charge in [-0.3, -0.25) is 0 Å². The second kappa shape index (κ2) is 9.29. The maximum Gasteiger partial charge on any atom is 0.136 e. The van der Waals surface area contributed by atoms with Crippen LogP contribution in [0.4, 0.5) is 0 Å². The fraction of sp³-hybridized carbons (Fsp3) is 0. The van der Waals surface area contributed by atoms with Crippen LogP contribution in [-0.2, 0) is 0 Å². The van der Waals surface area contributed by atoms with Crippen molar-refractivity contribution in [2.75, 3.05) is 0 Å². The zero-order valence-electron chi connectivity index (χ0n) is 48.4. The van der Waals surface area contributed by atoms with Crippen LogP contribution in [0.1, 0.15) is 35.6 Å². The lowest BCUT2D eigenvalue weighted by molar-refractivity contribution is 0.669. The highest BCUT2D eigenvalue weighted by molar-refractivity contribution is 6.25. The van der Waals surface area contributed by atoms with Crippen molar-refractivity contribution in [3.63, 3.8) is 0 Å². The van der Waals surface area contributed by atoms with Gasteiger partial charge in [0.2, 0.25) is 0 Å². The highest BCUT2D eigenvalue weighted by Gasteiger charge is 2.19. The van der Waals surface area contributed by atoms with Gasteiger partial charge in [0.05, 0.1) is 35.6 Å². The van der Waals surface area contributed by atoms with Gasteiger partial charge < -0.3 is 4.42 Å². The Morgan fingerprint density at radius 3 is 1.64 bits per heavy atom. The molecule has 45 heavy (non-hydrogen) atoms. The van der Waals surface area contributed by atoms with Crippen LogP contribution in [-0.4, -0.2) is 0 Å². The molecule has 0 radical (unpaired) electrons. The van der Waals surface area contributed by atoms with E-state index in [1.165, 1.54) is 0 Å². The van der Waals surface area contributed by atoms with Crippen LogP contribution in [0.15, 0.2) is 162 Å². The zero-order valence-corrected chi connectivity index (χ0v) is 22.4. The topological polar surface area (TPSA) is 13.1 Å². The molecule has 10 aromatic rings. The molecule has 1 heterocycles. The number of benzene rings is 9. The van der Waals surface area contributed by atoms with Crippen LogP contribution < -0.4 is 0 Å². The second-order valence-corrected chi connectivity index (χ2v) is 10.0. The molecule has 0 atom stereocenters. The van der Waals surface area contributed by atoms with E-state index in [4.69, 9.17) is 26.3 Å². The van der Waals surface area contributed by atoms with E-state index in [-0.39, 0.29) is 0 Å². The van der Waals surface area contributed by atoms with Crippen LogP contribution in [0, 0.1) is 0 Å². The van der Waals surface area contributed by atoms with Crippen LogP contribution in [0.25, 0.3) is 98.1 Å². The van der Waals surface area contributed by atoms with Gasteiger partial charge in [-0.1, -0.05) is 133 Å². The van der Waals surface area contributed by atoms with E-state index in [2.05, 4.69) is 0 Å². The molecule has 0 aliphatic rings. The molecule has 0 bridgehead atoms. The Kier molecular flexibility index (Phi) is 2.13. The van der Waals surface area contributed by atoms with Crippen molar-refractivity contribution in [2.24, 2.45) is 0 Å². The minimum atomic E-state index is -0.979. The van der Waals surface area contributed by atoms with Gasteiger partial charge in [-0.15, -0.1) is 0 Å². The molecule has 0 aliphatic carbocycles. The van der Waals surface area contributed by atoms with E-state index in [0.717, 1.165) is 0 Å². The van der Waals surface area contributed by atoms with Crippen molar-refractivity contribution in [2.45, 2.75) is 0 Å². The molecular weight excluding hydrogens is 544 g/mol. The first kappa shape index (κ1) is 10.3. The van der Waals surface area contributed by atoms with Crippen LogP contribution in [0.3, 0.4) is 0 Å². The van der Waals surface area contributed by atoms with Crippen molar-refractivity contribution in [1.82, 2.24) is 0 Å². The van der Waals surface area contributed by atoms with Gasteiger partial charge in [0.25, 0.3) is 0 Å². The van der Waals surface area contributed by atoms with E-state index in [9.17, 15) is 13.7 Å². The largest absolute Gasteiger partial charge is 0.456 e. The predicted octanol–water partition coefficient (Wildman–Crippen LogP) is 12.7. The molecule has 208 valence electrons. The first-order valence-electron chi connectivity index (χ1n) is 26.4. The van der Waals surface area contributed by atoms with E-state index >= 15 is 0 Å². The van der Waals surface area contributed by atoms with Crippen LogP contribution in [0.2, 0.25) is 0 Å². The first-order chi connectivity index (χ1) is 33.2. The highest BCUT2D eigenvalue weighted by atomic mass is 16.3. The third kappa shape index (κ3) is 3.56. The molecule has 0 unspecified atom stereocenters. The number of hydrogen-bond acceptors (Lipinski definition) is 1. The summed E-state index contributed by atoms with van der Waals surface area (Å²) in [5.41, 5.74) is -3.99. The predicted molar refractivity (Wildman–Crippen MR) is 192 cm³/mol. The van der Waals surface area contributed by atoms with Crippen molar-refractivity contribution in [3.8, 4) is 22.3 Å². The molecule has 1 nitrogen and oxygen atoms in total. The van der Waals surface area contributed by atoms with E-state index < -0.39 is 255 Å². The molecular formula is C44H26O. The van der Waals surface area contributed by atoms with E-state index in [0.29, 0.717) is 0 Å². The molecule has 0 spiro atoms. The molecule has 0 aliphatic heterocycles. The molecule has 1 aromatic heterocycles. The summed E-state index contributed by atoms with van der Waals surface area (Å²) < 4.78 is 240. The lowest BCUT2D eigenvalue weighted by Gasteiger charge is -2.19. The van der Waals surface area contributed by atoms with Crippen molar-refractivity contribution in [3.05, 3.63) is 157 Å². The van der Waals surface area contributed by atoms with Gasteiger partial charge in [-0.2, -0.15) is 0 Å². The van der Waals surface area contributed by atoms with Gasteiger partial charge in [0.1, 0.15) is 11.2 Å². The minimum absolute atomic E-state index is 0.436. The summed E-state index contributed by atoms with van der Waals surface area (Å²) in [6.45, 7) is 0. The Hall–Kier alpha value is -5.92. The second-order valence-electron chi connectivity index (χ2n) is 10.0. The molecule has 10 rings (SSSR count). The quantitative estimate of drug-likeness (QED) is 0.143. The van der Waals surface area contributed by atoms with Crippen LogP contribution >= 0.6 is 0 Å². The van der Waals surface area contributed by atoms with Crippen molar-refractivity contribution >= 4 is 75.8 Å². The first-order valence-corrected chi connectivity index (χ1v) is 13.4. The lowest BCUT2D eigenvalue weighted by Crippen LogP contribution is -1.91. The lowest BCUT2D eigenvalue weighted by atomic mass is 9.84. The van der Waals surface area contributed by atoms with Gasteiger partial charge in [0, 0.05) is 10.8 Å². The Morgan fingerprint density at radius 1 is 0.333 bits per heavy atom. The van der Waals surface area contributed by atoms with Crippen molar-refractivity contribution < 1.29 is 40.1 Å². The van der Waals surface area contributed by atoms with E-state index in [1.54, 1.807) is 0 Å². The summed E-state index contributed by atoms with van der Waals surface area (Å²) in [6, 6.07) is -22.6. The van der Waals surface area contributed by atoms with Crippen molar-refractivity contribution in [1.29, 1.82) is 0 Å². The number of rotatable bonds is 2. The Balaban J connectivity index is 1.54. The molecule has 0 saturated heterocycles. The Bertz CT molecular complexity index is 4210. The monoisotopic (exact) mass is 596 g/mol. The fourth-order valence-electron chi connectivity index (χ4n) is 5.73. The fourth-order valence-corrected chi connectivity index (χ4v) is 5.73. The molecule has 0 amide bonds. The summed E-state index contributed by atoms with van der Waals surface area (Å²) in [7, 11) is 0. The number of fused-ring (bicyclic) bond motifs is 9. The van der Waals surface area contributed by atoms with Gasteiger partial charge in [-0.05, 0) is 100 Å². The maximum atomic E-state index is 9.84. The summed E-state index contributed by atoms with van der Waals surface area (Å²) >= 11 is 0. The third-order valence-corrected chi connectivity index (χ3v) is 7.64. The normalized spacial score (nSPS) is 20.1. The Morgan fingerprint density at radius 2 is 0.911 bits per heavy atom. The standard InChI is InChI=1S/C44H26O/c1-2-12-29-26-42-40(24-28(29)11-1)39-25-30(21-23-41(39)45-42)43-35-14-5-7-16-37(35)44(38-17-8-6-15-36(38)43)34-19-9-18-32-31-13-4-3-10-27(31)20-22-33(32)34/h1-26H/i1D,2D,3D,4D,5D,6D,7D,8D,9D,10D,11D,12D,13D,14D,15D,16D,17D,18D,19D,20D,21D,22D,23D,24D,25D,26D. The summed E-state index contributed by atoms with van der Waals surface area (Å²) in [5.74, 6) is 0. The summed E-state index contributed by atoms with van der Waals surface area (Å²) in [5, 5.41) is -6.99. The van der Waals surface area contributed by atoms with Gasteiger partial charge in [-0.25, -0.2) is 0 Å². The molecule has 1 heteroatoms. The third-order valence-electron chi connectivity index (χ3n) is 7.64. The molecule has 0 saturated carbocycles. The van der Waals surface area contributed by atoms with Crippen LogP contribution in [0.5, 0.6) is 0 Å². The number of furan rings is 1. The summed E-state index contributed by atoms with van der Waals surface area (Å²) in [4.78, 5) is 0. The number of hydrogen-bond donors (Lipinski definition) is 0. The average Bonchev–Trinajstić information content (AvgIpc) is 3.76. The summed E-state index contributed by atoms with van der Waals surface area (Å²) in [6.07, 6.45) is 0. The Labute approximate surface area is 296 Å². The SMILES string of the molecule is [2H]c1c(-c2c3c([2H])c([2H])c([2H])c([2H])c3c(-c3c([2H])c([2H])c([2H])c4c3c([2H])c([2H])c3c([2H])c([2H])c([2H])c([2H])c34)c3c([2H])c([2H])c([2H])c([2H])c23)c([2H])c2c(oc3c([2H])c4c([2H])c([2H])c([2H])c([2H])c4c([2H])c32)c1[2H]. The zero-order chi connectivity index (χ0) is 52.1. The smallest absolute Gasteiger partial charge is 0.136 e. The average molecular weight is 597 g/mol. The molecule has 0 N–H and O–H groups in total. The molecule has 0 fully saturated rings. The molecule has 9 aromatic carbocycles.